The Kier molecular flexibility index (Phi) is 9.62. The van der Waals surface area contributed by atoms with Crippen molar-refractivity contribution < 1.29 is 0 Å². The molecule has 0 saturated carbocycles. The highest BCUT2D eigenvalue weighted by Crippen LogP contribution is 2.02. The van der Waals surface area contributed by atoms with Gasteiger partial charge in [-0.1, -0.05) is 59.7 Å². The van der Waals surface area contributed by atoms with Gasteiger partial charge in [0, 0.05) is 0 Å². The van der Waals surface area contributed by atoms with Crippen molar-refractivity contribution >= 4 is 23.3 Å². The molecule has 2 aromatic rings. The van der Waals surface area contributed by atoms with E-state index in [9.17, 15) is 0 Å². The summed E-state index contributed by atoms with van der Waals surface area (Å²) in [7, 11) is 0. The molecule has 2 aromatic carbocycles. The fourth-order valence-corrected chi connectivity index (χ4v) is 1.47. The molecule has 0 fully saturated rings. The van der Waals surface area contributed by atoms with Crippen LogP contribution in [0.1, 0.15) is 22.3 Å². The van der Waals surface area contributed by atoms with Crippen molar-refractivity contribution in [2.24, 2.45) is 0 Å². The van der Waals surface area contributed by atoms with Crippen molar-refractivity contribution in [1.29, 1.82) is 0 Å². The van der Waals surface area contributed by atoms with Crippen LogP contribution in [0, 0.1) is 27.7 Å². The Bertz CT molecular complexity index is 412. The van der Waals surface area contributed by atoms with Crippen LogP contribution in [-0.4, -0.2) is 0 Å². The van der Waals surface area contributed by atoms with Crippen molar-refractivity contribution in [3.63, 3.8) is 0 Å². The predicted molar refractivity (Wildman–Crippen MR) is 89.8 cm³/mol. The Hall–Kier alpha value is -0.860. The van der Waals surface area contributed by atoms with E-state index < -0.39 is 0 Å². The van der Waals surface area contributed by atoms with Gasteiger partial charge in [-0.15, -0.1) is 23.3 Å². The smallest absolute Gasteiger partial charge is 0.0395 e. The van der Waals surface area contributed by atoms with E-state index in [1.165, 1.54) is 22.3 Å². The molecule has 98 valence electrons. The van der Waals surface area contributed by atoms with Crippen LogP contribution in [0.15, 0.2) is 48.5 Å². The molecule has 2 heteroatoms. The highest BCUT2D eigenvalue weighted by atomic mass is 33.1. The summed E-state index contributed by atoms with van der Waals surface area (Å²) >= 11 is 6.44. The summed E-state index contributed by atoms with van der Waals surface area (Å²) in [4.78, 5) is 0. The first-order chi connectivity index (χ1) is 8.59. The maximum Gasteiger partial charge on any atom is -0.0395 e. The van der Waals surface area contributed by atoms with Gasteiger partial charge in [-0.3, -0.25) is 0 Å². The maximum absolute atomic E-state index is 3.22. The van der Waals surface area contributed by atoms with Gasteiger partial charge >= 0.3 is 0 Å². The lowest BCUT2D eigenvalue weighted by molar-refractivity contribution is 1.34. The van der Waals surface area contributed by atoms with Gasteiger partial charge in [-0.25, -0.2) is 0 Å². The molecule has 0 heterocycles. The van der Waals surface area contributed by atoms with Crippen molar-refractivity contribution in [3.8, 4) is 0 Å². The zero-order valence-electron chi connectivity index (χ0n) is 11.5. The van der Waals surface area contributed by atoms with E-state index in [1.807, 2.05) is 0 Å². The average molecular weight is 278 g/mol. The summed E-state index contributed by atoms with van der Waals surface area (Å²) in [5, 5.41) is 0. The molecule has 0 spiro atoms. The van der Waals surface area contributed by atoms with Gasteiger partial charge in [0.15, 0.2) is 0 Å². The fourth-order valence-electron chi connectivity index (χ4n) is 1.47. The van der Waals surface area contributed by atoms with Gasteiger partial charge in [0.1, 0.15) is 0 Å². The standard InChI is InChI=1S/2C8H10.H2S2/c1-7-4-3-5-8(2)6-7;1-7-5-3-4-6-8(7)2;1-2/h2*3-6H,1-2H3;1-2H. The van der Waals surface area contributed by atoms with Crippen LogP contribution in [0.4, 0.5) is 0 Å². The van der Waals surface area contributed by atoms with E-state index in [4.69, 9.17) is 0 Å². The molecule has 2 rings (SSSR count). The van der Waals surface area contributed by atoms with Crippen LogP contribution in [0.3, 0.4) is 0 Å². The van der Waals surface area contributed by atoms with Crippen LogP contribution < -0.4 is 0 Å². The Morgan fingerprint density at radius 3 is 1.22 bits per heavy atom. The fraction of sp³-hybridized carbons (Fsp3) is 0.250. The zero-order chi connectivity index (χ0) is 14.0. The highest BCUT2D eigenvalue weighted by Gasteiger charge is 1.84. The van der Waals surface area contributed by atoms with Gasteiger partial charge in [0.25, 0.3) is 0 Å². The van der Waals surface area contributed by atoms with Crippen molar-refractivity contribution in [2.45, 2.75) is 27.7 Å². The van der Waals surface area contributed by atoms with E-state index >= 15 is 0 Å². The van der Waals surface area contributed by atoms with E-state index in [-0.39, 0.29) is 0 Å². The monoisotopic (exact) mass is 278 g/mol. The number of hydrogen-bond acceptors (Lipinski definition) is 2. The first kappa shape index (κ1) is 17.1. The topological polar surface area (TPSA) is 0 Å². The quantitative estimate of drug-likeness (QED) is 0.470. The summed E-state index contributed by atoms with van der Waals surface area (Å²) in [6.45, 7) is 8.45. The lowest BCUT2D eigenvalue weighted by atomic mass is 10.1. The lowest BCUT2D eigenvalue weighted by Gasteiger charge is -1.93. The first-order valence-corrected chi connectivity index (χ1v) is 7.45. The normalized spacial score (nSPS) is 8.56. The molecule has 0 radical (unpaired) electrons. The molecule has 0 bridgehead atoms. The van der Waals surface area contributed by atoms with Crippen LogP contribution >= 0.6 is 23.3 Å². The van der Waals surface area contributed by atoms with Crippen molar-refractivity contribution in [2.75, 3.05) is 0 Å². The molecular weight excluding hydrogens is 256 g/mol. The third-order valence-electron chi connectivity index (χ3n) is 2.60. The second kappa shape index (κ2) is 10.1. The molecule has 0 nitrogen and oxygen atoms in total. The molecule has 0 atom stereocenters. The third kappa shape index (κ3) is 7.46. The Balaban J connectivity index is 0.000000283. The molecule has 0 saturated heterocycles. The number of benzene rings is 2. The molecule has 0 aliphatic rings. The zero-order valence-corrected chi connectivity index (χ0v) is 13.3. The minimum Gasteiger partial charge on any atom is -0.115 e. The summed E-state index contributed by atoms with van der Waals surface area (Å²) < 4.78 is 0. The van der Waals surface area contributed by atoms with Gasteiger partial charge in [-0.2, -0.15) is 0 Å². The molecule has 18 heavy (non-hydrogen) atoms. The summed E-state index contributed by atoms with van der Waals surface area (Å²) in [5.74, 6) is 0. The molecule has 0 aliphatic carbocycles. The van der Waals surface area contributed by atoms with E-state index in [1.54, 1.807) is 0 Å². The SMILES string of the molecule is Cc1cccc(C)c1.Cc1ccccc1C.SS. The van der Waals surface area contributed by atoms with Crippen LogP contribution in [0.25, 0.3) is 0 Å². The van der Waals surface area contributed by atoms with Crippen LogP contribution in [-0.2, 0) is 0 Å². The van der Waals surface area contributed by atoms with Crippen LogP contribution in [0.2, 0.25) is 0 Å². The Morgan fingerprint density at radius 1 is 0.611 bits per heavy atom. The summed E-state index contributed by atoms with van der Waals surface area (Å²) in [6.07, 6.45) is 0. The minimum atomic E-state index is 1.34. The van der Waals surface area contributed by atoms with Crippen LogP contribution in [0.5, 0.6) is 0 Å². The lowest BCUT2D eigenvalue weighted by Crippen LogP contribution is -1.74. The summed E-state index contributed by atoms with van der Waals surface area (Å²) in [5.41, 5.74) is 5.41. The van der Waals surface area contributed by atoms with E-state index in [0.29, 0.717) is 0 Å². The second-order valence-electron chi connectivity index (χ2n) is 4.24. The van der Waals surface area contributed by atoms with E-state index in [2.05, 4.69) is 99.5 Å². The Morgan fingerprint density at radius 2 is 1.00 bits per heavy atom. The minimum absolute atomic E-state index is 1.34. The van der Waals surface area contributed by atoms with E-state index in [0.717, 1.165) is 0 Å². The van der Waals surface area contributed by atoms with Gasteiger partial charge in [0.2, 0.25) is 0 Å². The molecule has 0 aliphatic heterocycles. The Labute approximate surface area is 122 Å². The first-order valence-electron chi connectivity index (χ1n) is 5.85. The summed E-state index contributed by atoms with van der Waals surface area (Å²) in [6, 6.07) is 16.8. The molecule has 0 N–H and O–H groups in total. The number of hydrogen-bond donors (Lipinski definition) is 2. The molecular formula is C16H22S2. The molecule has 0 unspecified atom stereocenters. The van der Waals surface area contributed by atoms with Gasteiger partial charge < -0.3 is 0 Å². The average Bonchev–Trinajstić information content (AvgIpc) is 2.36. The van der Waals surface area contributed by atoms with Crippen molar-refractivity contribution in [1.82, 2.24) is 0 Å². The second-order valence-corrected chi connectivity index (χ2v) is 4.24. The number of rotatable bonds is 0. The maximum atomic E-state index is 3.22. The molecule has 0 amide bonds. The van der Waals surface area contributed by atoms with Crippen molar-refractivity contribution in [3.05, 3.63) is 70.8 Å². The van der Waals surface area contributed by atoms with Gasteiger partial charge in [-0.05, 0) is 38.8 Å². The number of thiol groups is 2. The molecule has 0 aromatic heterocycles. The largest absolute Gasteiger partial charge is 0.115 e. The predicted octanol–water partition coefficient (Wildman–Crippen LogP) is 5.37. The highest BCUT2D eigenvalue weighted by molar-refractivity contribution is 8.59. The third-order valence-corrected chi connectivity index (χ3v) is 2.60. The number of aryl methyl sites for hydroxylation is 4. The van der Waals surface area contributed by atoms with Gasteiger partial charge in [0.05, 0.1) is 0 Å².